The van der Waals surface area contributed by atoms with Gasteiger partial charge in [0, 0.05) is 16.2 Å². The summed E-state index contributed by atoms with van der Waals surface area (Å²) in [5.74, 6) is 0. The van der Waals surface area contributed by atoms with Crippen LogP contribution in [0, 0.1) is 20.8 Å². The van der Waals surface area contributed by atoms with Crippen LogP contribution >= 0.6 is 15.9 Å². The molecule has 0 radical (unpaired) electrons. The fourth-order valence-electron chi connectivity index (χ4n) is 2.13. The van der Waals surface area contributed by atoms with Crippen LogP contribution in [0.25, 0.3) is 5.69 Å². The number of nitrogens with zero attached hydrogens (tertiary/aromatic N) is 2. The lowest BCUT2D eigenvalue weighted by atomic mass is 10.1. The van der Waals surface area contributed by atoms with Crippen LogP contribution in [0.3, 0.4) is 0 Å². The van der Waals surface area contributed by atoms with E-state index in [1.807, 2.05) is 18.7 Å². The molecule has 0 saturated heterocycles. The van der Waals surface area contributed by atoms with Crippen LogP contribution in [0.1, 0.15) is 35.5 Å². The number of hydrogen-bond donors (Lipinski definition) is 1. The summed E-state index contributed by atoms with van der Waals surface area (Å²) in [5, 5.41) is 7.85. The van der Waals surface area contributed by atoms with Gasteiger partial charge < -0.3 is 5.32 Å². The van der Waals surface area contributed by atoms with E-state index in [0.29, 0.717) is 6.04 Å². The fraction of sp³-hybridized carbons (Fsp3) is 0.400. The molecule has 1 heterocycles. The first-order valence-corrected chi connectivity index (χ1v) is 7.25. The van der Waals surface area contributed by atoms with Crippen LogP contribution < -0.4 is 5.32 Å². The molecule has 0 amide bonds. The molecule has 0 fully saturated rings. The van der Waals surface area contributed by atoms with E-state index in [9.17, 15) is 0 Å². The molecule has 1 N–H and O–H groups in total. The Hall–Kier alpha value is -1.13. The summed E-state index contributed by atoms with van der Waals surface area (Å²) in [5.41, 5.74) is 5.88. The molecule has 1 atom stereocenters. The molecule has 2 rings (SSSR count). The summed E-state index contributed by atoms with van der Waals surface area (Å²) in [4.78, 5) is 0. The van der Waals surface area contributed by atoms with Crippen LogP contribution in [0.5, 0.6) is 0 Å². The van der Waals surface area contributed by atoms with Gasteiger partial charge in [0.25, 0.3) is 0 Å². The van der Waals surface area contributed by atoms with E-state index in [1.54, 1.807) is 0 Å². The summed E-state index contributed by atoms with van der Waals surface area (Å²) in [6.07, 6.45) is 0. The van der Waals surface area contributed by atoms with E-state index in [1.165, 1.54) is 16.8 Å². The summed E-state index contributed by atoms with van der Waals surface area (Å²) in [6, 6.07) is 6.71. The monoisotopic (exact) mass is 321 g/mol. The van der Waals surface area contributed by atoms with Crippen molar-refractivity contribution < 1.29 is 0 Å². The van der Waals surface area contributed by atoms with Gasteiger partial charge in [-0.2, -0.15) is 5.10 Å². The molecule has 0 bridgehead atoms. The van der Waals surface area contributed by atoms with Crippen molar-refractivity contribution in [1.82, 2.24) is 15.1 Å². The summed E-state index contributed by atoms with van der Waals surface area (Å²) in [6.45, 7) is 8.41. The van der Waals surface area contributed by atoms with E-state index >= 15 is 0 Å². The smallest absolute Gasteiger partial charge is 0.0660 e. The normalized spacial score (nSPS) is 12.7. The molecule has 19 heavy (non-hydrogen) atoms. The maximum atomic E-state index is 4.60. The molecule has 0 aliphatic heterocycles. The van der Waals surface area contributed by atoms with Crippen molar-refractivity contribution in [3.63, 3.8) is 0 Å². The highest BCUT2D eigenvalue weighted by Gasteiger charge is 2.12. The Balaban J connectivity index is 2.47. The second-order valence-electron chi connectivity index (χ2n) is 4.92. The molecule has 102 valence electrons. The van der Waals surface area contributed by atoms with Crippen molar-refractivity contribution in [3.05, 3.63) is 45.2 Å². The molecule has 2 aromatic rings. The number of aryl methyl sites for hydroxylation is 1. The fourth-order valence-corrected chi connectivity index (χ4v) is 2.84. The first-order chi connectivity index (χ1) is 8.95. The van der Waals surface area contributed by atoms with E-state index in [-0.39, 0.29) is 0 Å². The number of halogens is 1. The standard InChI is InChI=1S/C15H20BrN3/c1-9-10(2)18-19(12(9)4)13-6-7-14(11(3)17-5)15(16)8-13/h6-8,11,17H,1-5H3. The third-order valence-corrected chi connectivity index (χ3v) is 4.47. The Labute approximate surface area is 123 Å². The van der Waals surface area contributed by atoms with Crippen LogP contribution in [-0.4, -0.2) is 16.8 Å². The Morgan fingerprint density at radius 1 is 1.26 bits per heavy atom. The lowest BCUT2D eigenvalue weighted by Gasteiger charge is -2.14. The third kappa shape index (κ3) is 2.60. The summed E-state index contributed by atoms with van der Waals surface area (Å²) < 4.78 is 3.11. The molecule has 4 heteroatoms. The van der Waals surface area contributed by atoms with Gasteiger partial charge in [-0.15, -0.1) is 0 Å². The van der Waals surface area contributed by atoms with Gasteiger partial charge >= 0.3 is 0 Å². The maximum Gasteiger partial charge on any atom is 0.0660 e. The van der Waals surface area contributed by atoms with Crippen molar-refractivity contribution in [2.24, 2.45) is 0 Å². The zero-order valence-corrected chi connectivity index (χ0v) is 13.7. The average molecular weight is 322 g/mol. The van der Waals surface area contributed by atoms with Crippen LogP contribution in [0.4, 0.5) is 0 Å². The highest BCUT2D eigenvalue weighted by Crippen LogP contribution is 2.27. The number of hydrogen-bond acceptors (Lipinski definition) is 2. The molecule has 1 unspecified atom stereocenters. The maximum absolute atomic E-state index is 4.60. The number of aromatic nitrogens is 2. The lowest BCUT2D eigenvalue weighted by Crippen LogP contribution is -2.13. The van der Waals surface area contributed by atoms with Gasteiger partial charge in [-0.1, -0.05) is 22.0 Å². The predicted octanol–water partition coefficient (Wildman–Crippen LogP) is 3.84. The largest absolute Gasteiger partial charge is 0.313 e. The molecular weight excluding hydrogens is 302 g/mol. The molecule has 1 aromatic carbocycles. The quantitative estimate of drug-likeness (QED) is 0.930. The second kappa shape index (κ2) is 5.47. The molecule has 0 saturated carbocycles. The Morgan fingerprint density at radius 3 is 2.42 bits per heavy atom. The molecular formula is C15H20BrN3. The van der Waals surface area contributed by atoms with Gasteiger partial charge in [-0.3, -0.25) is 0 Å². The van der Waals surface area contributed by atoms with Gasteiger partial charge in [0.1, 0.15) is 0 Å². The number of rotatable bonds is 3. The van der Waals surface area contributed by atoms with Crippen molar-refractivity contribution in [1.29, 1.82) is 0 Å². The highest BCUT2D eigenvalue weighted by atomic mass is 79.9. The summed E-state index contributed by atoms with van der Waals surface area (Å²) in [7, 11) is 1.97. The molecule has 0 aliphatic carbocycles. The molecule has 1 aromatic heterocycles. The van der Waals surface area contributed by atoms with E-state index in [0.717, 1.165) is 15.9 Å². The summed E-state index contributed by atoms with van der Waals surface area (Å²) >= 11 is 3.65. The number of nitrogens with one attached hydrogen (secondary N) is 1. The van der Waals surface area contributed by atoms with Crippen molar-refractivity contribution in [2.75, 3.05) is 7.05 Å². The average Bonchev–Trinajstić information content (AvgIpc) is 2.65. The van der Waals surface area contributed by atoms with Gasteiger partial charge in [0.15, 0.2) is 0 Å². The Morgan fingerprint density at radius 2 is 1.95 bits per heavy atom. The topological polar surface area (TPSA) is 29.9 Å². The minimum atomic E-state index is 0.325. The highest BCUT2D eigenvalue weighted by molar-refractivity contribution is 9.10. The minimum Gasteiger partial charge on any atom is -0.313 e. The third-order valence-electron chi connectivity index (χ3n) is 3.78. The van der Waals surface area contributed by atoms with Gasteiger partial charge in [0.2, 0.25) is 0 Å². The zero-order valence-electron chi connectivity index (χ0n) is 12.1. The van der Waals surface area contributed by atoms with E-state index in [2.05, 4.69) is 65.3 Å². The zero-order chi connectivity index (χ0) is 14.2. The Bertz CT molecular complexity index is 602. The SMILES string of the molecule is CNC(C)c1ccc(-n2nc(C)c(C)c2C)cc1Br. The predicted molar refractivity (Wildman–Crippen MR) is 82.9 cm³/mol. The van der Waals surface area contributed by atoms with E-state index in [4.69, 9.17) is 0 Å². The van der Waals surface area contributed by atoms with Crippen LogP contribution in [0.2, 0.25) is 0 Å². The minimum absolute atomic E-state index is 0.325. The van der Waals surface area contributed by atoms with Gasteiger partial charge in [-0.05, 0) is 58.0 Å². The van der Waals surface area contributed by atoms with Gasteiger partial charge in [-0.25, -0.2) is 4.68 Å². The molecule has 0 spiro atoms. The van der Waals surface area contributed by atoms with Crippen molar-refractivity contribution in [2.45, 2.75) is 33.7 Å². The molecule has 3 nitrogen and oxygen atoms in total. The first-order valence-electron chi connectivity index (χ1n) is 6.45. The number of benzene rings is 1. The van der Waals surface area contributed by atoms with Crippen LogP contribution in [-0.2, 0) is 0 Å². The molecule has 0 aliphatic rings. The van der Waals surface area contributed by atoms with E-state index < -0.39 is 0 Å². The lowest BCUT2D eigenvalue weighted by molar-refractivity contribution is 0.649. The van der Waals surface area contributed by atoms with Crippen molar-refractivity contribution in [3.8, 4) is 5.69 Å². The Kier molecular flexibility index (Phi) is 4.11. The van der Waals surface area contributed by atoms with Crippen LogP contribution in [0.15, 0.2) is 22.7 Å². The van der Waals surface area contributed by atoms with Gasteiger partial charge in [0.05, 0.1) is 11.4 Å². The van der Waals surface area contributed by atoms with Crippen molar-refractivity contribution >= 4 is 15.9 Å². The first kappa shape index (κ1) is 14.3. The second-order valence-corrected chi connectivity index (χ2v) is 5.78.